The lowest BCUT2D eigenvalue weighted by Crippen LogP contribution is -2.57. The van der Waals surface area contributed by atoms with Crippen LogP contribution in [0.25, 0.3) is 0 Å². The fraction of sp³-hybridized carbons (Fsp3) is 0.667. The third kappa shape index (κ3) is 3.24. The first-order valence-electron chi connectivity index (χ1n) is 8.63. The van der Waals surface area contributed by atoms with Crippen LogP contribution in [0.4, 0.5) is 0 Å². The van der Waals surface area contributed by atoms with Crippen LogP contribution >= 0.6 is 0 Å². The molecule has 0 saturated heterocycles. The van der Waals surface area contributed by atoms with Crippen LogP contribution in [0.1, 0.15) is 14.6 Å². The summed E-state index contributed by atoms with van der Waals surface area (Å²) in [5.41, 5.74) is 4.46. The van der Waals surface area contributed by atoms with Gasteiger partial charge in [0.2, 0.25) is 0 Å². The van der Waals surface area contributed by atoms with Gasteiger partial charge < -0.3 is 20.7 Å². The smallest absolute Gasteiger partial charge is 0.255 e. The standard InChI is InChI=1S/C12H22N4O3/c1-14-12(5-6-15(2)3)8-10(19-4)9(13)7-11(12)16(17)18/h7-8,11,14H,5-6,13H2,1-4H3/i2D3,3D3. The molecule has 7 nitrogen and oxygen atoms in total. The van der Waals surface area contributed by atoms with E-state index in [-0.39, 0.29) is 17.9 Å². The Hall–Kier alpha value is -1.60. The third-order valence-corrected chi connectivity index (χ3v) is 3.20. The van der Waals surface area contributed by atoms with E-state index in [0.717, 1.165) is 0 Å². The zero-order valence-corrected chi connectivity index (χ0v) is 10.8. The summed E-state index contributed by atoms with van der Waals surface area (Å²) in [6.45, 7) is -6.18. The first-order valence-corrected chi connectivity index (χ1v) is 5.63. The lowest BCUT2D eigenvalue weighted by atomic mass is 9.82. The normalized spacial score (nSPS) is 32.9. The average molecular weight is 276 g/mol. The van der Waals surface area contributed by atoms with Crippen molar-refractivity contribution < 1.29 is 17.9 Å². The zero-order valence-electron chi connectivity index (χ0n) is 16.8. The Labute approximate surface area is 121 Å². The van der Waals surface area contributed by atoms with Gasteiger partial charge in [-0.3, -0.25) is 10.1 Å². The van der Waals surface area contributed by atoms with Crippen molar-refractivity contribution in [3.63, 3.8) is 0 Å². The summed E-state index contributed by atoms with van der Waals surface area (Å²) >= 11 is 0. The molecule has 1 aliphatic carbocycles. The fourth-order valence-corrected chi connectivity index (χ4v) is 2.09. The van der Waals surface area contributed by atoms with E-state index in [4.69, 9.17) is 18.7 Å². The third-order valence-electron chi connectivity index (χ3n) is 3.20. The molecule has 19 heavy (non-hydrogen) atoms. The number of nitrogens with two attached hydrogens (primary N) is 1. The minimum absolute atomic E-state index is 0.0820. The quantitative estimate of drug-likeness (QED) is 0.521. The summed E-state index contributed by atoms with van der Waals surface area (Å²) in [7, 11) is 2.81. The topological polar surface area (TPSA) is 93.7 Å². The number of rotatable bonds is 6. The summed E-state index contributed by atoms with van der Waals surface area (Å²) in [6.07, 6.45) is 2.43. The first-order chi connectivity index (χ1) is 11.3. The second kappa shape index (κ2) is 6.03. The monoisotopic (exact) mass is 276 g/mol. The van der Waals surface area contributed by atoms with Gasteiger partial charge in [0.25, 0.3) is 6.04 Å². The SMILES string of the molecule is [2H]C([2H])([2H])N(CCC1(NC)C=C(OC)C(N)=CC1[N+](=O)[O-])C([2H])([2H])[2H]. The van der Waals surface area contributed by atoms with E-state index < -0.39 is 37.0 Å². The molecule has 108 valence electrons. The van der Waals surface area contributed by atoms with Crippen molar-refractivity contribution in [3.8, 4) is 0 Å². The van der Waals surface area contributed by atoms with Crippen molar-refractivity contribution in [2.75, 3.05) is 34.7 Å². The largest absolute Gasteiger partial charge is 0.495 e. The van der Waals surface area contributed by atoms with Crippen LogP contribution in [0.3, 0.4) is 0 Å². The predicted octanol–water partition coefficient (Wildman–Crippen LogP) is -0.0719. The Morgan fingerprint density at radius 3 is 2.89 bits per heavy atom. The second-order valence-electron chi connectivity index (χ2n) is 4.26. The fourth-order valence-electron chi connectivity index (χ4n) is 2.09. The van der Waals surface area contributed by atoms with Crippen LogP contribution < -0.4 is 11.1 Å². The average Bonchev–Trinajstić information content (AvgIpc) is 2.45. The maximum Gasteiger partial charge on any atom is 0.255 e. The highest BCUT2D eigenvalue weighted by atomic mass is 16.6. The lowest BCUT2D eigenvalue weighted by Gasteiger charge is -2.35. The maximum atomic E-state index is 11.5. The lowest BCUT2D eigenvalue weighted by molar-refractivity contribution is -0.519. The summed E-state index contributed by atoms with van der Waals surface area (Å²) in [5, 5.41) is 14.3. The highest BCUT2D eigenvalue weighted by Gasteiger charge is 2.46. The van der Waals surface area contributed by atoms with Crippen molar-refractivity contribution in [2.24, 2.45) is 5.73 Å². The molecule has 0 amide bonds. The molecule has 2 unspecified atom stereocenters. The molecule has 0 aromatic rings. The van der Waals surface area contributed by atoms with E-state index in [1.807, 2.05) is 0 Å². The number of likely N-dealkylation sites (N-methyl/N-ethyl adjacent to an activating group) is 1. The molecule has 0 heterocycles. The Morgan fingerprint density at radius 2 is 2.42 bits per heavy atom. The van der Waals surface area contributed by atoms with Gasteiger partial charge in [-0.1, -0.05) is 0 Å². The van der Waals surface area contributed by atoms with Gasteiger partial charge in [-0.2, -0.15) is 0 Å². The first kappa shape index (κ1) is 8.55. The van der Waals surface area contributed by atoms with E-state index >= 15 is 0 Å². The van der Waals surface area contributed by atoms with Gasteiger partial charge in [0.1, 0.15) is 11.3 Å². The highest BCUT2D eigenvalue weighted by Crippen LogP contribution is 2.29. The molecule has 1 rings (SSSR count). The predicted molar refractivity (Wildman–Crippen MR) is 73.1 cm³/mol. The van der Waals surface area contributed by atoms with Crippen molar-refractivity contribution in [3.05, 3.63) is 33.7 Å². The number of nitrogens with zero attached hydrogens (tertiary/aromatic N) is 2. The van der Waals surface area contributed by atoms with Crippen molar-refractivity contribution in [2.45, 2.75) is 18.0 Å². The molecule has 2 atom stereocenters. The second-order valence-corrected chi connectivity index (χ2v) is 4.26. The van der Waals surface area contributed by atoms with E-state index in [0.29, 0.717) is 4.90 Å². The van der Waals surface area contributed by atoms with Gasteiger partial charge >= 0.3 is 0 Å². The van der Waals surface area contributed by atoms with E-state index in [1.54, 1.807) is 0 Å². The van der Waals surface area contributed by atoms with Gasteiger partial charge in [0.15, 0.2) is 0 Å². The Kier molecular flexibility index (Phi) is 2.71. The number of hydrogen-bond donors (Lipinski definition) is 2. The minimum atomic E-state index is -2.87. The number of nitrogens with one attached hydrogen (secondary N) is 1. The number of hydrogen-bond acceptors (Lipinski definition) is 6. The molecule has 7 heteroatoms. The summed E-state index contributed by atoms with van der Waals surface area (Å²) in [5.74, 6) is 0.196. The van der Waals surface area contributed by atoms with Gasteiger partial charge in [-0.15, -0.1) is 0 Å². The van der Waals surface area contributed by atoms with Crippen molar-refractivity contribution in [1.82, 2.24) is 10.2 Å². The van der Waals surface area contributed by atoms with Gasteiger partial charge in [-0.05, 0) is 40.0 Å². The van der Waals surface area contributed by atoms with Crippen molar-refractivity contribution in [1.29, 1.82) is 0 Å². The molecule has 0 bridgehead atoms. The van der Waals surface area contributed by atoms with Crippen LogP contribution in [0.2, 0.25) is 0 Å². The Balaban J connectivity index is 3.23. The van der Waals surface area contributed by atoms with Gasteiger partial charge in [0.05, 0.1) is 12.8 Å². The molecular weight excluding hydrogens is 248 g/mol. The molecular formula is C12H22N4O3. The Bertz CT molecular complexity index is 560. The Morgan fingerprint density at radius 1 is 1.74 bits per heavy atom. The zero-order chi connectivity index (χ0) is 19.6. The molecule has 0 aromatic carbocycles. The number of methoxy groups -OCH3 is 1. The van der Waals surface area contributed by atoms with Gasteiger partial charge in [-0.25, -0.2) is 0 Å². The summed E-state index contributed by atoms with van der Waals surface area (Å²) < 4.78 is 49.5. The molecule has 0 aromatic heterocycles. The molecule has 3 N–H and O–H groups in total. The molecule has 0 fully saturated rings. The minimum Gasteiger partial charge on any atom is -0.495 e. The molecule has 0 aliphatic heterocycles. The van der Waals surface area contributed by atoms with E-state index in [2.05, 4.69) is 5.32 Å². The molecule has 0 saturated carbocycles. The number of nitro groups is 1. The molecule has 0 radical (unpaired) electrons. The summed E-state index contributed by atoms with van der Waals surface area (Å²) in [6, 6.07) is -1.31. The van der Waals surface area contributed by atoms with Crippen LogP contribution in [0.15, 0.2) is 23.6 Å². The molecule has 0 spiro atoms. The summed E-state index contributed by atoms with van der Waals surface area (Å²) in [4.78, 5) is 11.3. The molecule has 1 aliphatic rings. The van der Waals surface area contributed by atoms with Crippen LogP contribution in [-0.4, -0.2) is 56.1 Å². The van der Waals surface area contributed by atoms with E-state index in [1.165, 1.54) is 26.3 Å². The van der Waals surface area contributed by atoms with E-state index in [9.17, 15) is 10.1 Å². The van der Waals surface area contributed by atoms with Gasteiger partial charge in [0, 0.05) is 19.2 Å². The van der Waals surface area contributed by atoms with Crippen LogP contribution in [-0.2, 0) is 4.74 Å². The number of ether oxygens (including phenoxy) is 1. The van der Waals surface area contributed by atoms with Crippen LogP contribution in [0.5, 0.6) is 0 Å². The maximum absolute atomic E-state index is 11.5. The van der Waals surface area contributed by atoms with Crippen molar-refractivity contribution >= 4 is 0 Å². The van der Waals surface area contributed by atoms with Crippen LogP contribution in [0, 0.1) is 10.1 Å². The highest BCUT2D eigenvalue weighted by molar-refractivity contribution is 5.36.